The third-order valence-corrected chi connectivity index (χ3v) is 4.28. The van der Waals surface area contributed by atoms with Gasteiger partial charge in [0, 0.05) is 12.6 Å². The number of imidazole rings is 1. The third-order valence-electron chi connectivity index (χ3n) is 4.28. The summed E-state index contributed by atoms with van der Waals surface area (Å²) in [7, 11) is 1.59. The van der Waals surface area contributed by atoms with Crippen molar-refractivity contribution in [3.8, 4) is 11.5 Å². The molecule has 0 radical (unpaired) electrons. The summed E-state index contributed by atoms with van der Waals surface area (Å²) in [4.78, 5) is 24.8. The lowest BCUT2D eigenvalue weighted by Crippen LogP contribution is -2.35. The Morgan fingerprint density at radius 2 is 1.74 bits per heavy atom. The van der Waals surface area contributed by atoms with Gasteiger partial charge in [0.1, 0.15) is 24.7 Å². The van der Waals surface area contributed by atoms with Crippen molar-refractivity contribution >= 4 is 16.9 Å². The highest BCUT2D eigenvalue weighted by molar-refractivity contribution is 5.80. The average Bonchev–Trinajstić information content (AvgIpc) is 2.96. The van der Waals surface area contributed by atoms with Gasteiger partial charge in [-0.25, -0.2) is 4.79 Å². The second-order valence-corrected chi connectivity index (χ2v) is 5.98. The number of hydrogen-bond donors (Lipinski definition) is 1. The van der Waals surface area contributed by atoms with Crippen molar-refractivity contribution in [2.45, 2.75) is 20.0 Å². The van der Waals surface area contributed by atoms with Gasteiger partial charge in [-0.05, 0) is 31.2 Å². The zero-order valence-electron chi connectivity index (χ0n) is 15.5. The Morgan fingerprint density at radius 1 is 1.04 bits per heavy atom. The van der Waals surface area contributed by atoms with E-state index in [0.29, 0.717) is 31.2 Å². The second-order valence-electron chi connectivity index (χ2n) is 5.98. The number of nitrogens with zero attached hydrogens (tertiary/aromatic N) is 2. The minimum atomic E-state index is -0.231. The maximum absolute atomic E-state index is 12.5. The largest absolute Gasteiger partial charge is 0.497 e. The normalized spacial score (nSPS) is 10.7. The van der Waals surface area contributed by atoms with Gasteiger partial charge >= 0.3 is 5.69 Å². The predicted molar refractivity (Wildman–Crippen MR) is 103 cm³/mol. The molecule has 0 fully saturated rings. The van der Waals surface area contributed by atoms with E-state index in [-0.39, 0.29) is 18.1 Å². The van der Waals surface area contributed by atoms with Gasteiger partial charge < -0.3 is 14.8 Å². The van der Waals surface area contributed by atoms with Crippen molar-refractivity contribution in [1.29, 1.82) is 0 Å². The van der Waals surface area contributed by atoms with Gasteiger partial charge in [-0.3, -0.25) is 13.9 Å². The van der Waals surface area contributed by atoms with Gasteiger partial charge in [-0.1, -0.05) is 18.2 Å². The molecule has 7 nitrogen and oxygen atoms in total. The van der Waals surface area contributed by atoms with E-state index in [1.54, 1.807) is 17.7 Å². The molecule has 1 aromatic heterocycles. The van der Waals surface area contributed by atoms with Crippen molar-refractivity contribution < 1.29 is 14.3 Å². The average molecular weight is 369 g/mol. The van der Waals surface area contributed by atoms with E-state index in [0.717, 1.165) is 11.0 Å². The number of benzene rings is 2. The lowest BCUT2D eigenvalue weighted by atomic mass is 10.3. The van der Waals surface area contributed by atoms with Crippen molar-refractivity contribution in [3.05, 3.63) is 59.0 Å². The van der Waals surface area contributed by atoms with E-state index in [4.69, 9.17) is 9.47 Å². The number of para-hydroxylation sites is 2. The standard InChI is InChI=1S/C20H23N3O4/c1-3-22-17-9-4-5-10-18(17)23(20(22)25)14-19(24)21-11-12-27-16-8-6-7-15(13-16)26-2/h4-10,13H,3,11-12,14H2,1-2H3,(H,21,24). The zero-order valence-corrected chi connectivity index (χ0v) is 15.5. The molecule has 0 unspecified atom stereocenters. The molecule has 1 heterocycles. The van der Waals surface area contributed by atoms with E-state index in [1.807, 2.05) is 49.4 Å². The van der Waals surface area contributed by atoms with Gasteiger partial charge in [0.25, 0.3) is 0 Å². The van der Waals surface area contributed by atoms with E-state index < -0.39 is 0 Å². The first-order chi connectivity index (χ1) is 13.1. The highest BCUT2D eigenvalue weighted by Gasteiger charge is 2.14. The summed E-state index contributed by atoms with van der Waals surface area (Å²) < 4.78 is 13.9. The van der Waals surface area contributed by atoms with Crippen LogP contribution >= 0.6 is 0 Å². The van der Waals surface area contributed by atoms with Crippen LogP contribution in [0.3, 0.4) is 0 Å². The molecule has 0 aliphatic heterocycles. The Labute approximate surface area is 157 Å². The minimum absolute atomic E-state index is 0.0223. The van der Waals surface area contributed by atoms with E-state index in [1.165, 1.54) is 4.57 Å². The fourth-order valence-corrected chi connectivity index (χ4v) is 2.98. The number of amides is 1. The zero-order chi connectivity index (χ0) is 19.2. The van der Waals surface area contributed by atoms with Gasteiger partial charge in [-0.2, -0.15) is 0 Å². The fraction of sp³-hybridized carbons (Fsp3) is 0.300. The molecule has 0 aliphatic carbocycles. The monoisotopic (exact) mass is 369 g/mol. The molecule has 0 saturated heterocycles. The molecule has 3 rings (SSSR count). The molecule has 0 atom stereocenters. The molecule has 7 heteroatoms. The molecule has 0 bridgehead atoms. The van der Waals surface area contributed by atoms with E-state index in [9.17, 15) is 9.59 Å². The third kappa shape index (κ3) is 4.13. The molecule has 27 heavy (non-hydrogen) atoms. The molecule has 3 aromatic rings. The van der Waals surface area contributed by atoms with Crippen LogP contribution in [0.2, 0.25) is 0 Å². The number of hydrogen-bond acceptors (Lipinski definition) is 4. The number of rotatable bonds is 8. The van der Waals surface area contributed by atoms with Crippen LogP contribution in [0.1, 0.15) is 6.92 Å². The molecule has 1 N–H and O–H groups in total. The number of aromatic nitrogens is 2. The Kier molecular flexibility index (Phi) is 5.80. The molecule has 0 spiro atoms. The summed E-state index contributed by atoms with van der Waals surface area (Å²) >= 11 is 0. The van der Waals surface area contributed by atoms with Crippen LogP contribution in [0, 0.1) is 0 Å². The van der Waals surface area contributed by atoms with Crippen molar-refractivity contribution in [2.24, 2.45) is 0 Å². The maximum Gasteiger partial charge on any atom is 0.329 e. The van der Waals surface area contributed by atoms with Crippen molar-refractivity contribution in [1.82, 2.24) is 14.5 Å². The number of fused-ring (bicyclic) bond motifs is 1. The van der Waals surface area contributed by atoms with Crippen LogP contribution in [0.5, 0.6) is 11.5 Å². The number of carbonyl (C=O) groups is 1. The number of ether oxygens (including phenoxy) is 2. The van der Waals surface area contributed by atoms with E-state index >= 15 is 0 Å². The number of carbonyl (C=O) groups excluding carboxylic acids is 1. The van der Waals surface area contributed by atoms with Crippen LogP contribution in [0.4, 0.5) is 0 Å². The van der Waals surface area contributed by atoms with Crippen LogP contribution in [-0.2, 0) is 17.9 Å². The molecule has 1 amide bonds. The van der Waals surface area contributed by atoms with Crippen LogP contribution in [0.15, 0.2) is 53.3 Å². The Bertz CT molecular complexity index is 990. The first-order valence-corrected chi connectivity index (χ1v) is 8.85. The van der Waals surface area contributed by atoms with Crippen molar-refractivity contribution in [3.63, 3.8) is 0 Å². The quantitative estimate of drug-likeness (QED) is 0.617. The lowest BCUT2D eigenvalue weighted by Gasteiger charge is -2.09. The summed E-state index contributed by atoms with van der Waals surface area (Å²) in [6, 6.07) is 14.7. The Balaban J connectivity index is 1.58. The molecular formula is C20H23N3O4. The maximum atomic E-state index is 12.5. The number of aryl methyl sites for hydroxylation is 1. The summed E-state index contributed by atoms with van der Waals surface area (Å²) in [5.74, 6) is 1.15. The van der Waals surface area contributed by atoms with Gasteiger partial charge in [0.15, 0.2) is 0 Å². The minimum Gasteiger partial charge on any atom is -0.497 e. The molecule has 2 aromatic carbocycles. The van der Waals surface area contributed by atoms with Crippen LogP contribution in [-0.4, -0.2) is 35.3 Å². The SMILES string of the molecule is CCn1c(=O)n(CC(=O)NCCOc2cccc(OC)c2)c2ccccc21. The molecule has 142 valence electrons. The highest BCUT2D eigenvalue weighted by atomic mass is 16.5. The number of nitrogens with one attached hydrogen (secondary N) is 1. The Hall–Kier alpha value is -3.22. The smallest absolute Gasteiger partial charge is 0.329 e. The first-order valence-electron chi connectivity index (χ1n) is 8.85. The van der Waals surface area contributed by atoms with Gasteiger partial charge in [-0.15, -0.1) is 0 Å². The van der Waals surface area contributed by atoms with Crippen LogP contribution in [0.25, 0.3) is 11.0 Å². The van der Waals surface area contributed by atoms with Gasteiger partial charge in [0.2, 0.25) is 5.91 Å². The lowest BCUT2D eigenvalue weighted by molar-refractivity contribution is -0.121. The van der Waals surface area contributed by atoms with E-state index in [2.05, 4.69) is 5.32 Å². The molecule has 0 aliphatic rings. The predicted octanol–water partition coefficient (Wildman–Crippen LogP) is 2.03. The highest BCUT2D eigenvalue weighted by Crippen LogP contribution is 2.18. The molecule has 0 saturated carbocycles. The fourth-order valence-electron chi connectivity index (χ4n) is 2.98. The van der Waals surface area contributed by atoms with Crippen molar-refractivity contribution in [2.75, 3.05) is 20.3 Å². The van der Waals surface area contributed by atoms with Crippen LogP contribution < -0.4 is 20.5 Å². The first kappa shape index (κ1) is 18.6. The summed E-state index contributed by atoms with van der Waals surface area (Å²) in [6.45, 7) is 3.11. The van der Waals surface area contributed by atoms with Gasteiger partial charge in [0.05, 0.1) is 24.7 Å². The summed E-state index contributed by atoms with van der Waals surface area (Å²) in [5, 5.41) is 2.79. The summed E-state index contributed by atoms with van der Waals surface area (Å²) in [5.41, 5.74) is 1.41. The summed E-state index contributed by atoms with van der Waals surface area (Å²) in [6.07, 6.45) is 0. The number of methoxy groups -OCH3 is 1. The topological polar surface area (TPSA) is 74.5 Å². The second kappa shape index (κ2) is 8.44. The Morgan fingerprint density at radius 3 is 2.44 bits per heavy atom. The molecular weight excluding hydrogens is 346 g/mol.